The summed E-state index contributed by atoms with van der Waals surface area (Å²) < 4.78 is 5.20. The minimum Gasteiger partial charge on any atom is -0.497 e. The number of ether oxygens (including phenoxy) is 1. The number of rotatable bonds is 6. The monoisotopic (exact) mass is 376 g/mol. The number of benzene rings is 2. The first-order valence-corrected chi connectivity index (χ1v) is 8.64. The van der Waals surface area contributed by atoms with Gasteiger partial charge in [-0.3, -0.25) is 9.59 Å². The Kier molecular flexibility index (Phi) is 5.64. The van der Waals surface area contributed by atoms with E-state index >= 15 is 0 Å². The summed E-state index contributed by atoms with van der Waals surface area (Å²) in [6.07, 6.45) is 0. The van der Waals surface area contributed by atoms with Crippen LogP contribution < -0.4 is 15.4 Å². The lowest BCUT2D eigenvalue weighted by atomic mass is 10.1. The van der Waals surface area contributed by atoms with E-state index in [4.69, 9.17) is 4.74 Å². The van der Waals surface area contributed by atoms with Crippen molar-refractivity contribution in [2.75, 3.05) is 17.7 Å². The molecule has 3 aromatic rings. The van der Waals surface area contributed by atoms with Crippen LogP contribution in [0.3, 0.4) is 0 Å². The Morgan fingerprint density at radius 1 is 0.964 bits per heavy atom. The summed E-state index contributed by atoms with van der Waals surface area (Å²) in [6.45, 7) is 3.28. The third-order valence-corrected chi connectivity index (χ3v) is 3.96. The van der Waals surface area contributed by atoms with Gasteiger partial charge in [0.25, 0.3) is 5.91 Å². The maximum Gasteiger partial charge on any atom is 0.274 e. The minimum absolute atomic E-state index is 0.0300. The number of carbonyl (C=O) groups is 2. The Labute approximate surface area is 162 Å². The highest BCUT2D eigenvalue weighted by atomic mass is 16.5. The van der Waals surface area contributed by atoms with Crippen molar-refractivity contribution in [2.24, 2.45) is 0 Å². The van der Waals surface area contributed by atoms with Gasteiger partial charge in [-0.05, 0) is 56.3 Å². The fourth-order valence-corrected chi connectivity index (χ4v) is 2.55. The Balaban J connectivity index is 1.78. The van der Waals surface area contributed by atoms with Gasteiger partial charge in [-0.1, -0.05) is 6.07 Å². The number of nitrogens with zero attached hydrogens (tertiary/aromatic N) is 2. The van der Waals surface area contributed by atoms with Crippen molar-refractivity contribution in [1.82, 2.24) is 9.97 Å². The molecule has 0 aliphatic rings. The molecule has 0 fully saturated rings. The molecule has 7 nitrogen and oxygen atoms in total. The van der Waals surface area contributed by atoms with Crippen LogP contribution in [-0.4, -0.2) is 28.8 Å². The summed E-state index contributed by atoms with van der Waals surface area (Å²) in [7, 11) is 1.59. The van der Waals surface area contributed by atoms with E-state index in [2.05, 4.69) is 20.6 Å². The van der Waals surface area contributed by atoms with Crippen molar-refractivity contribution in [2.45, 2.75) is 13.8 Å². The van der Waals surface area contributed by atoms with E-state index < -0.39 is 0 Å². The zero-order chi connectivity index (χ0) is 20.1. The zero-order valence-electron chi connectivity index (χ0n) is 15.8. The standard InChI is InChI=1S/C21H20N4O3/c1-13-11-19(20(27)23-16-9-7-15(8-10-16)14(2)26)25-21(22-13)24-17-5-4-6-18(12-17)28-3/h4-12H,1-3H3,(H,23,27)(H,22,24,25). The zero-order valence-corrected chi connectivity index (χ0v) is 15.8. The number of aromatic nitrogens is 2. The second kappa shape index (κ2) is 8.30. The van der Waals surface area contributed by atoms with Crippen LogP contribution in [0.2, 0.25) is 0 Å². The SMILES string of the molecule is COc1cccc(Nc2nc(C)cc(C(=O)Nc3ccc(C(C)=O)cc3)n2)c1. The van der Waals surface area contributed by atoms with Crippen LogP contribution in [0.4, 0.5) is 17.3 Å². The fourth-order valence-electron chi connectivity index (χ4n) is 2.55. The molecule has 7 heteroatoms. The predicted molar refractivity (Wildman–Crippen MR) is 107 cm³/mol. The second-order valence-corrected chi connectivity index (χ2v) is 6.16. The summed E-state index contributed by atoms with van der Waals surface area (Å²) in [5.74, 6) is 0.613. The first-order chi connectivity index (χ1) is 13.4. The second-order valence-electron chi connectivity index (χ2n) is 6.16. The molecule has 0 radical (unpaired) electrons. The molecular formula is C21H20N4O3. The van der Waals surface area contributed by atoms with Crippen LogP contribution in [0.15, 0.2) is 54.6 Å². The van der Waals surface area contributed by atoms with Gasteiger partial charge >= 0.3 is 0 Å². The molecule has 0 saturated heterocycles. The fraction of sp³-hybridized carbons (Fsp3) is 0.143. The molecule has 0 unspecified atom stereocenters. The van der Waals surface area contributed by atoms with Crippen molar-refractivity contribution < 1.29 is 14.3 Å². The lowest BCUT2D eigenvalue weighted by Gasteiger charge is -2.10. The Hall–Kier alpha value is -3.74. The van der Waals surface area contributed by atoms with Crippen molar-refractivity contribution >= 4 is 29.0 Å². The van der Waals surface area contributed by atoms with E-state index in [1.807, 2.05) is 24.3 Å². The maximum absolute atomic E-state index is 12.6. The number of methoxy groups -OCH3 is 1. The van der Waals surface area contributed by atoms with Gasteiger partial charge in [0.05, 0.1) is 7.11 Å². The molecule has 28 heavy (non-hydrogen) atoms. The maximum atomic E-state index is 12.6. The number of anilines is 3. The van der Waals surface area contributed by atoms with Crippen LogP contribution in [0.5, 0.6) is 5.75 Å². The summed E-state index contributed by atoms with van der Waals surface area (Å²) in [6, 6.07) is 15.6. The number of amides is 1. The number of ketones is 1. The van der Waals surface area contributed by atoms with Gasteiger partial charge in [-0.25, -0.2) is 9.97 Å². The molecule has 0 atom stereocenters. The highest BCUT2D eigenvalue weighted by Gasteiger charge is 2.12. The average molecular weight is 376 g/mol. The molecule has 0 bridgehead atoms. The van der Waals surface area contributed by atoms with E-state index in [1.165, 1.54) is 6.92 Å². The lowest BCUT2D eigenvalue weighted by molar-refractivity contribution is 0.101. The Morgan fingerprint density at radius 3 is 2.39 bits per heavy atom. The van der Waals surface area contributed by atoms with Crippen LogP contribution in [0.25, 0.3) is 0 Å². The molecule has 142 valence electrons. The molecule has 2 N–H and O–H groups in total. The minimum atomic E-state index is -0.366. The van der Waals surface area contributed by atoms with Gasteiger partial charge in [-0.2, -0.15) is 0 Å². The van der Waals surface area contributed by atoms with Gasteiger partial charge < -0.3 is 15.4 Å². The first kappa shape index (κ1) is 19.0. The summed E-state index contributed by atoms with van der Waals surface area (Å²) in [5.41, 5.74) is 2.79. The number of Topliss-reactive ketones (excluding diaryl/α,β-unsaturated/α-hetero) is 1. The summed E-state index contributed by atoms with van der Waals surface area (Å²) in [4.78, 5) is 32.5. The Bertz CT molecular complexity index is 1020. The first-order valence-electron chi connectivity index (χ1n) is 8.64. The normalized spacial score (nSPS) is 10.2. The smallest absolute Gasteiger partial charge is 0.274 e. The number of nitrogens with one attached hydrogen (secondary N) is 2. The number of hydrogen-bond donors (Lipinski definition) is 2. The largest absolute Gasteiger partial charge is 0.497 e. The number of hydrogen-bond acceptors (Lipinski definition) is 6. The molecular weight excluding hydrogens is 356 g/mol. The van der Waals surface area contributed by atoms with Crippen LogP contribution in [0.1, 0.15) is 33.5 Å². The lowest BCUT2D eigenvalue weighted by Crippen LogP contribution is -2.15. The Morgan fingerprint density at radius 2 is 1.71 bits per heavy atom. The van der Waals surface area contributed by atoms with E-state index in [0.717, 1.165) is 5.69 Å². The molecule has 1 amide bonds. The van der Waals surface area contributed by atoms with Gasteiger partial charge in [-0.15, -0.1) is 0 Å². The van der Waals surface area contributed by atoms with Gasteiger partial charge in [0.1, 0.15) is 11.4 Å². The van der Waals surface area contributed by atoms with Gasteiger partial charge in [0, 0.05) is 28.7 Å². The quantitative estimate of drug-likeness (QED) is 0.632. The molecule has 1 heterocycles. The van der Waals surface area contributed by atoms with E-state index in [-0.39, 0.29) is 17.4 Å². The van der Waals surface area contributed by atoms with E-state index in [1.54, 1.807) is 44.4 Å². The van der Waals surface area contributed by atoms with Crippen molar-refractivity contribution in [3.8, 4) is 5.75 Å². The third kappa shape index (κ3) is 4.70. The highest BCUT2D eigenvalue weighted by Crippen LogP contribution is 2.20. The third-order valence-electron chi connectivity index (χ3n) is 3.96. The van der Waals surface area contributed by atoms with Crippen molar-refractivity contribution in [3.05, 3.63) is 71.5 Å². The van der Waals surface area contributed by atoms with Crippen LogP contribution in [-0.2, 0) is 0 Å². The molecule has 2 aromatic carbocycles. The summed E-state index contributed by atoms with van der Waals surface area (Å²) >= 11 is 0. The van der Waals surface area contributed by atoms with Crippen molar-refractivity contribution in [3.63, 3.8) is 0 Å². The highest BCUT2D eigenvalue weighted by molar-refractivity contribution is 6.03. The molecule has 1 aromatic heterocycles. The number of aryl methyl sites for hydroxylation is 1. The average Bonchev–Trinajstić information content (AvgIpc) is 2.68. The summed E-state index contributed by atoms with van der Waals surface area (Å²) in [5, 5.41) is 5.85. The van der Waals surface area contributed by atoms with Gasteiger partial charge in [0.2, 0.25) is 5.95 Å². The van der Waals surface area contributed by atoms with Gasteiger partial charge in [0.15, 0.2) is 5.78 Å². The predicted octanol–water partition coefficient (Wildman–Crippen LogP) is 3.99. The topological polar surface area (TPSA) is 93.2 Å². The molecule has 0 spiro atoms. The molecule has 3 rings (SSSR count). The number of carbonyl (C=O) groups excluding carboxylic acids is 2. The molecule has 0 aliphatic carbocycles. The van der Waals surface area contributed by atoms with Crippen LogP contribution >= 0.6 is 0 Å². The van der Waals surface area contributed by atoms with E-state index in [9.17, 15) is 9.59 Å². The van der Waals surface area contributed by atoms with Crippen LogP contribution in [0, 0.1) is 6.92 Å². The van der Waals surface area contributed by atoms with E-state index in [0.29, 0.717) is 28.6 Å². The molecule has 0 aliphatic heterocycles. The van der Waals surface area contributed by atoms with Crippen molar-refractivity contribution in [1.29, 1.82) is 0 Å². The molecule has 0 saturated carbocycles.